The molecule has 0 unspecified atom stereocenters. The first kappa shape index (κ1) is 22.1. The third-order valence-electron chi connectivity index (χ3n) is 4.72. The lowest BCUT2D eigenvalue weighted by Crippen LogP contribution is -2.34. The van der Waals surface area contributed by atoms with E-state index in [0.29, 0.717) is 19.4 Å². The molecule has 0 aliphatic carbocycles. The van der Waals surface area contributed by atoms with E-state index in [4.69, 9.17) is 9.72 Å². The van der Waals surface area contributed by atoms with Crippen molar-refractivity contribution in [3.05, 3.63) is 35.7 Å². The fourth-order valence-corrected chi connectivity index (χ4v) is 3.76. The van der Waals surface area contributed by atoms with Gasteiger partial charge in [0.1, 0.15) is 11.6 Å². The number of unbranched alkanes of at least 4 members (excludes halogenated alkanes) is 1. The number of carbonyl (C=O) groups is 1. The molecule has 7 heteroatoms. The van der Waals surface area contributed by atoms with Gasteiger partial charge in [0.05, 0.1) is 7.11 Å². The van der Waals surface area contributed by atoms with Crippen LogP contribution in [0.4, 0.5) is 5.13 Å². The zero-order valence-electron chi connectivity index (χ0n) is 17.5. The van der Waals surface area contributed by atoms with Crippen LogP contribution in [0.2, 0.25) is 0 Å². The van der Waals surface area contributed by atoms with Crippen LogP contribution in [-0.4, -0.2) is 53.5 Å². The van der Waals surface area contributed by atoms with Crippen molar-refractivity contribution in [1.82, 2.24) is 14.3 Å². The van der Waals surface area contributed by atoms with Crippen molar-refractivity contribution < 1.29 is 9.53 Å². The van der Waals surface area contributed by atoms with Crippen LogP contribution in [0.3, 0.4) is 0 Å². The van der Waals surface area contributed by atoms with Gasteiger partial charge in [-0.25, -0.2) is 4.98 Å². The molecule has 1 heterocycles. The standard InChI is InChI=1S/C21H32N4O2S/c1-5-8-13-25(14-12-20(26)24(6-2)7-3)21-22-19(23-28-21)16-17-10-9-11-18(15-17)27-4/h9-11,15H,5-8,12-14,16H2,1-4H3. The highest BCUT2D eigenvalue weighted by atomic mass is 32.1. The van der Waals surface area contributed by atoms with E-state index < -0.39 is 0 Å². The molecule has 1 aromatic carbocycles. The molecule has 0 spiro atoms. The second-order valence-electron chi connectivity index (χ2n) is 6.68. The van der Waals surface area contributed by atoms with Gasteiger partial charge >= 0.3 is 0 Å². The summed E-state index contributed by atoms with van der Waals surface area (Å²) in [6, 6.07) is 7.98. The van der Waals surface area contributed by atoms with Crippen LogP contribution < -0.4 is 9.64 Å². The van der Waals surface area contributed by atoms with Gasteiger partial charge < -0.3 is 14.5 Å². The molecule has 0 aliphatic heterocycles. The van der Waals surface area contributed by atoms with Crippen LogP contribution in [0.1, 0.15) is 51.4 Å². The third-order valence-corrected chi connectivity index (χ3v) is 5.53. The number of hydrogen-bond acceptors (Lipinski definition) is 6. The van der Waals surface area contributed by atoms with Gasteiger partial charge in [-0.15, -0.1) is 0 Å². The number of aromatic nitrogens is 2. The van der Waals surface area contributed by atoms with E-state index in [1.54, 1.807) is 7.11 Å². The summed E-state index contributed by atoms with van der Waals surface area (Å²) in [5, 5.41) is 0.902. The van der Waals surface area contributed by atoms with Crippen molar-refractivity contribution in [3.63, 3.8) is 0 Å². The first-order valence-corrected chi connectivity index (χ1v) is 10.9. The van der Waals surface area contributed by atoms with E-state index in [9.17, 15) is 4.79 Å². The number of hydrogen-bond donors (Lipinski definition) is 0. The number of carbonyl (C=O) groups excluding carboxylic acids is 1. The molecule has 0 saturated carbocycles. The highest BCUT2D eigenvalue weighted by molar-refractivity contribution is 7.09. The van der Waals surface area contributed by atoms with Crippen molar-refractivity contribution in [2.45, 2.75) is 46.5 Å². The second-order valence-corrected chi connectivity index (χ2v) is 7.41. The molecule has 0 saturated heterocycles. The van der Waals surface area contributed by atoms with Gasteiger partial charge in [-0.2, -0.15) is 4.37 Å². The average molecular weight is 405 g/mol. The van der Waals surface area contributed by atoms with Crippen LogP contribution in [0.25, 0.3) is 0 Å². The zero-order valence-corrected chi connectivity index (χ0v) is 18.3. The highest BCUT2D eigenvalue weighted by Crippen LogP contribution is 2.21. The minimum Gasteiger partial charge on any atom is -0.497 e. The Morgan fingerprint density at radius 3 is 2.64 bits per heavy atom. The fourth-order valence-electron chi connectivity index (χ4n) is 3.03. The topological polar surface area (TPSA) is 58.6 Å². The van der Waals surface area contributed by atoms with Gasteiger partial charge in [-0.3, -0.25) is 4.79 Å². The number of amides is 1. The Labute approximate surface area is 172 Å². The summed E-state index contributed by atoms with van der Waals surface area (Å²) in [4.78, 5) is 21.2. The number of ether oxygens (including phenoxy) is 1. The Morgan fingerprint density at radius 1 is 1.18 bits per heavy atom. The van der Waals surface area contributed by atoms with E-state index in [0.717, 1.165) is 54.7 Å². The molecule has 28 heavy (non-hydrogen) atoms. The van der Waals surface area contributed by atoms with Gasteiger partial charge in [0.2, 0.25) is 11.0 Å². The number of methoxy groups -OCH3 is 1. The maximum Gasteiger partial charge on any atom is 0.224 e. The summed E-state index contributed by atoms with van der Waals surface area (Å²) in [5.41, 5.74) is 1.13. The number of rotatable bonds is 12. The Morgan fingerprint density at radius 2 is 1.96 bits per heavy atom. The van der Waals surface area contributed by atoms with Crippen molar-refractivity contribution in [1.29, 1.82) is 0 Å². The summed E-state index contributed by atoms with van der Waals surface area (Å²) >= 11 is 1.42. The number of nitrogens with zero attached hydrogens (tertiary/aromatic N) is 4. The van der Waals surface area contributed by atoms with E-state index in [1.165, 1.54) is 11.5 Å². The normalized spacial score (nSPS) is 10.7. The number of anilines is 1. The molecule has 6 nitrogen and oxygen atoms in total. The molecule has 2 aromatic rings. The first-order valence-electron chi connectivity index (χ1n) is 10.1. The smallest absolute Gasteiger partial charge is 0.224 e. The van der Waals surface area contributed by atoms with Crippen LogP contribution >= 0.6 is 11.5 Å². The van der Waals surface area contributed by atoms with Crippen molar-refractivity contribution in [2.24, 2.45) is 0 Å². The fraction of sp³-hybridized carbons (Fsp3) is 0.571. The van der Waals surface area contributed by atoms with E-state index in [2.05, 4.69) is 22.3 Å². The van der Waals surface area contributed by atoms with Crippen LogP contribution in [0.5, 0.6) is 5.75 Å². The first-order chi connectivity index (χ1) is 13.6. The van der Waals surface area contributed by atoms with Crippen molar-refractivity contribution in [3.8, 4) is 5.75 Å². The molecular formula is C21H32N4O2S. The van der Waals surface area contributed by atoms with Crippen molar-refractivity contribution >= 4 is 22.6 Å². The van der Waals surface area contributed by atoms with Crippen LogP contribution in [0.15, 0.2) is 24.3 Å². The van der Waals surface area contributed by atoms with E-state index >= 15 is 0 Å². The zero-order chi connectivity index (χ0) is 20.4. The number of benzene rings is 1. The summed E-state index contributed by atoms with van der Waals surface area (Å²) in [6.07, 6.45) is 3.37. The van der Waals surface area contributed by atoms with Crippen molar-refractivity contribution in [2.75, 3.05) is 38.2 Å². The van der Waals surface area contributed by atoms with Gasteiger partial charge in [-0.05, 0) is 38.0 Å². The lowest BCUT2D eigenvalue weighted by molar-refractivity contribution is -0.130. The Kier molecular flexibility index (Phi) is 9.20. The monoisotopic (exact) mass is 404 g/mol. The SMILES string of the molecule is CCCCN(CCC(=O)N(CC)CC)c1nc(Cc2cccc(OC)c2)ns1. The van der Waals surface area contributed by atoms with Crippen LogP contribution in [0, 0.1) is 0 Å². The maximum atomic E-state index is 12.4. The summed E-state index contributed by atoms with van der Waals surface area (Å²) in [6.45, 7) is 9.31. The predicted octanol–water partition coefficient (Wildman–Crippen LogP) is 4.00. The van der Waals surface area contributed by atoms with Gasteiger partial charge in [-0.1, -0.05) is 25.5 Å². The predicted molar refractivity (Wildman–Crippen MR) is 115 cm³/mol. The molecule has 1 amide bonds. The second kappa shape index (κ2) is 11.6. The maximum absolute atomic E-state index is 12.4. The Balaban J connectivity index is 2.04. The molecule has 0 atom stereocenters. The molecule has 0 radical (unpaired) electrons. The molecule has 0 aliphatic rings. The molecule has 154 valence electrons. The summed E-state index contributed by atoms with van der Waals surface area (Å²) < 4.78 is 9.83. The molecular weight excluding hydrogens is 372 g/mol. The minimum absolute atomic E-state index is 0.201. The van der Waals surface area contributed by atoms with Gasteiger partial charge in [0.15, 0.2) is 0 Å². The molecule has 1 aromatic heterocycles. The van der Waals surface area contributed by atoms with E-state index in [1.807, 2.05) is 36.9 Å². The molecule has 0 bridgehead atoms. The third kappa shape index (κ3) is 6.48. The summed E-state index contributed by atoms with van der Waals surface area (Å²) in [7, 11) is 1.67. The van der Waals surface area contributed by atoms with Gasteiger partial charge in [0.25, 0.3) is 0 Å². The van der Waals surface area contributed by atoms with Gasteiger partial charge in [0, 0.05) is 50.6 Å². The minimum atomic E-state index is 0.201. The average Bonchev–Trinajstić information content (AvgIpc) is 3.17. The lowest BCUT2D eigenvalue weighted by Gasteiger charge is -2.23. The largest absolute Gasteiger partial charge is 0.497 e. The quantitative estimate of drug-likeness (QED) is 0.535. The Hall–Kier alpha value is -2.15. The lowest BCUT2D eigenvalue weighted by atomic mass is 10.1. The molecule has 0 N–H and O–H groups in total. The Bertz CT molecular complexity index is 731. The molecule has 0 fully saturated rings. The van der Waals surface area contributed by atoms with E-state index in [-0.39, 0.29) is 5.91 Å². The molecule has 2 rings (SSSR count). The summed E-state index contributed by atoms with van der Waals surface area (Å²) in [5.74, 6) is 1.85. The van der Waals surface area contributed by atoms with Crippen LogP contribution in [-0.2, 0) is 11.2 Å². The highest BCUT2D eigenvalue weighted by Gasteiger charge is 2.16.